The molecule has 1 amide bonds. The van der Waals surface area contributed by atoms with Gasteiger partial charge in [0.25, 0.3) is 0 Å². The molecule has 3 aromatic heterocycles. The van der Waals surface area contributed by atoms with Crippen molar-refractivity contribution in [3.05, 3.63) is 138 Å². The lowest BCUT2D eigenvalue weighted by molar-refractivity contribution is 0.0461. The molecule has 0 saturated heterocycles. The van der Waals surface area contributed by atoms with Crippen LogP contribution in [0.15, 0.2) is 109 Å². The molecular formula is C44H46FN7O5. The number of fused-ring (bicyclic) bond motifs is 1. The van der Waals surface area contributed by atoms with Gasteiger partial charge in [-0.3, -0.25) is 0 Å². The van der Waals surface area contributed by atoms with E-state index in [2.05, 4.69) is 44.8 Å². The number of esters is 1. The van der Waals surface area contributed by atoms with E-state index >= 15 is 0 Å². The third-order valence-electron chi connectivity index (χ3n) is 9.58. The van der Waals surface area contributed by atoms with Crippen LogP contribution in [0.1, 0.15) is 67.1 Å². The van der Waals surface area contributed by atoms with Crippen LogP contribution in [0.5, 0.6) is 5.88 Å². The Morgan fingerprint density at radius 2 is 1.56 bits per heavy atom. The monoisotopic (exact) mass is 771 g/mol. The molecule has 294 valence electrons. The molecule has 13 heteroatoms. The Morgan fingerprint density at radius 1 is 0.912 bits per heavy atom. The van der Waals surface area contributed by atoms with Gasteiger partial charge < -0.3 is 29.7 Å². The van der Waals surface area contributed by atoms with Gasteiger partial charge in [-0.15, -0.1) is 0 Å². The van der Waals surface area contributed by atoms with Gasteiger partial charge in [0, 0.05) is 25.2 Å². The molecule has 1 aliphatic rings. The number of carbonyl (C=O) groups is 2. The van der Waals surface area contributed by atoms with Crippen molar-refractivity contribution in [1.29, 1.82) is 0 Å². The molecule has 1 fully saturated rings. The van der Waals surface area contributed by atoms with E-state index < -0.39 is 29.6 Å². The van der Waals surface area contributed by atoms with Gasteiger partial charge in [0.2, 0.25) is 5.88 Å². The number of aromatic nitrogens is 4. The molecule has 12 nitrogen and oxygen atoms in total. The Bertz CT molecular complexity index is 2280. The molecule has 2 N–H and O–H groups in total. The quantitative estimate of drug-likeness (QED) is 0.110. The highest BCUT2D eigenvalue weighted by atomic mass is 19.1. The number of halogens is 1. The molecule has 0 aliphatic heterocycles. The second kappa shape index (κ2) is 17.1. The Labute approximate surface area is 331 Å². The summed E-state index contributed by atoms with van der Waals surface area (Å²) in [6.07, 6.45) is 3.83. The van der Waals surface area contributed by atoms with Crippen LogP contribution in [-0.4, -0.2) is 56.5 Å². The standard InChI is InChI=1S/C44H46FN7O5/c1-44(2,3)57-43(54)49-35-21-14-22-36(35)56-40-32(23-33(45)25-47-40)24-46-38-37(31-19-12-7-13-20-31)41(52-39(50-38)34(26-48-52)42(53)55-4)51(27-29-15-8-5-9-16-29)28-30-17-10-6-11-18-30/h5-13,15-20,23,25-26,35-36H,14,21-22,24,27-28H2,1-4H3,(H,46,50)(H,49,54). The van der Waals surface area contributed by atoms with Crippen LogP contribution in [0.25, 0.3) is 16.8 Å². The predicted molar refractivity (Wildman–Crippen MR) is 215 cm³/mol. The van der Waals surface area contributed by atoms with Crippen molar-refractivity contribution < 1.29 is 28.2 Å². The zero-order chi connectivity index (χ0) is 39.9. The van der Waals surface area contributed by atoms with Gasteiger partial charge in [-0.05, 0) is 62.8 Å². The van der Waals surface area contributed by atoms with Crippen molar-refractivity contribution in [3.63, 3.8) is 0 Å². The number of carbonyl (C=O) groups excluding carboxylic acids is 2. The van der Waals surface area contributed by atoms with Crippen molar-refractivity contribution in [2.75, 3.05) is 17.3 Å². The second-order valence-corrected chi connectivity index (χ2v) is 14.9. The smallest absolute Gasteiger partial charge is 0.408 e. The number of rotatable bonds is 13. The largest absolute Gasteiger partial charge is 0.472 e. The molecule has 0 spiro atoms. The van der Waals surface area contributed by atoms with Crippen molar-refractivity contribution in [1.82, 2.24) is 24.9 Å². The van der Waals surface area contributed by atoms with Gasteiger partial charge in [0.1, 0.15) is 34.7 Å². The summed E-state index contributed by atoms with van der Waals surface area (Å²) in [7, 11) is 1.32. The third kappa shape index (κ3) is 9.31. The summed E-state index contributed by atoms with van der Waals surface area (Å²) in [5, 5.41) is 11.1. The van der Waals surface area contributed by atoms with Crippen LogP contribution in [0.4, 0.5) is 20.8 Å². The van der Waals surface area contributed by atoms with E-state index in [1.807, 2.05) is 87.5 Å². The number of nitrogens with one attached hydrogen (secondary N) is 2. The lowest BCUT2D eigenvalue weighted by Gasteiger charge is -2.29. The maximum absolute atomic E-state index is 15.0. The Balaban J connectivity index is 1.32. The van der Waals surface area contributed by atoms with Crippen molar-refractivity contribution in [2.45, 2.75) is 77.4 Å². The molecule has 3 heterocycles. The number of ether oxygens (including phenoxy) is 3. The second-order valence-electron chi connectivity index (χ2n) is 14.9. The van der Waals surface area contributed by atoms with Gasteiger partial charge in [0.15, 0.2) is 5.65 Å². The van der Waals surface area contributed by atoms with Crippen molar-refractivity contribution in [2.24, 2.45) is 0 Å². The van der Waals surface area contributed by atoms with Crippen LogP contribution >= 0.6 is 0 Å². The van der Waals surface area contributed by atoms with Gasteiger partial charge in [0.05, 0.1) is 31.1 Å². The number of benzene rings is 3. The molecule has 0 radical (unpaired) electrons. The van der Waals surface area contributed by atoms with E-state index in [-0.39, 0.29) is 29.7 Å². The van der Waals surface area contributed by atoms with E-state index in [1.54, 1.807) is 4.52 Å². The third-order valence-corrected chi connectivity index (χ3v) is 9.58. The van der Waals surface area contributed by atoms with E-state index in [0.29, 0.717) is 48.7 Å². The molecule has 3 aromatic carbocycles. The summed E-state index contributed by atoms with van der Waals surface area (Å²) in [6.45, 7) is 6.47. The summed E-state index contributed by atoms with van der Waals surface area (Å²) in [4.78, 5) is 37.4. The van der Waals surface area contributed by atoms with Crippen LogP contribution in [-0.2, 0) is 29.1 Å². The first kappa shape index (κ1) is 38.8. The number of anilines is 2. The zero-order valence-corrected chi connectivity index (χ0v) is 32.4. The number of hydrogen-bond donors (Lipinski definition) is 2. The van der Waals surface area contributed by atoms with Gasteiger partial charge in [-0.2, -0.15) is 9.61 Å². The number of pyridine rings is 1. The van der Waals surface area contributed by atoms with E-state index in [0.717, 1.165) is 29.3 Å². The molecule has 57 heavy (non-hydrogen) atoms. The van der Waals surface area contributed by atoms with Gasteiger partial charge >= 0.3 is 12.1 Å². The maximum atomic E-state index is 15.0. The molecular weight excluding hydrogens is 726 g/mol. The number of alkyl carbamates (subject to hydrolysis) is 1. The summed E-state index contributed by atoms with van der Waals surface area (Å²) in [5.74, 6) is 0.190. The van der Waals surface area contributed by atoms with E-state index in [1.165, 1.54) is 19.4 Å². The number of methoxy groups -OCH3 is 1. The van der Waals surface area contributed by atoms with Crippen LogP contribution in [0.3, 0.4) is 0 Å². The highest BCUT2D eigenvalue weighted by Crippen LogP contribution is 2.39. The topological polar surface area (TPSA) is 132 Å². The van der Waals surface area contributed by atoms with E-state index in [9.17, 15) is 14.0 Å². The lowest BCUT2D eigenvalue weighted by Crippen LogP contribution is -2.44. The van der Waals surface area contributed by atoms with Crippen molar-refractivity contribution >= 4 is 29.3 Å². The Morgan fingerprint density at radius 3 is 2.19 bits per heavy atom. The molecule has 7 rings (SSSR count). The fourth-order valence-corrected chi connectivity index (χ4v) is 7.05. The highest BCUT2D eigenvalue weighted by Gasteiger charge is 2.33. The van der Waals surface area contributed by atoms with Gasteiger partial charge in [-0.1, -0.05) is 91.0 Å². The number of amides is 1. The summed E-state index contributed by atoms with van der Waals surface area (Å²) in [5.41, 5.74) is 3.91. The zero-order valence-electron chi connectivity index (χ0n) is 32.4. The molecule has 2 atom stereocenters. The Hall–Kier alpha value is -6.50. The maximum Gasteiger partial charge on any atom is 0.408 e. The Kier molecular flexibility index (Phi) is 11.6. The first-order chi connectivity index (χ1) is 27.6. The normalized spacial score (nSPS) is 15.2. The fourth-order valence-electron chi connectivity index (χ4n) is 7.05. The van der Waals surface area contributed by atoms with Crippen LogP contribution < -0.4 is 20.3 Å². The molecule has 0 bridgehead atoms. The highest BCUT2D eigenvalue weighted by molar-refractivity contribution is 5.98. The lowest BCUT2D eigenvalue weighted by atomic mass is 10.0. The number of nitrogens with zero attached hydrogens (tertiary/aromatic N) is 5. The predicted octanol–water partition coefficient (Wildman–Crippen LogP) is 8.36. The average molecular weight is 772 g/mol. The summed E-state index contributed by atoms with van der Waals surface area (Å²) >= 11 is 0. The molecule has 2 unspecified atom stereocenters. The van der Waals surface area contributed by atoms with Crippen LogP contribution in [0, 0.1) is 5.82 Å². The molecule has 6 aromatic rings. The minimum absolute atomic E-state index is 0.0541. The minimum Gasteiger partial charge on any atom is -0.472 e. The van der Waals surface area contributed by atoms with Crippen molar-refractivity contribution in [3.8, 4) is 17.0 Å². The summed E-state index contributed by atoms with van der Waals surface area (Å²) in [6, 6.07) is 31.1. The first-order valence-corrected chi connectivity index (χ1v) is 19.0. The van der Waals surface area contributed by atoms with Crippen LogP contribution in [0.2, 0.25) is 0 Å². The minimum atomic E-state index is -0.652. The SMILES string of the molecule is COC(=O)c1cnn2c(N(Cc3ccccc3)Cc3ccccc3)c(-c3ccccc3)c(NCc3cc(F)cnc3OC3CCCC3NC(=O)OC(C)(C)C)nc12. The average Bonchev–Trinajstić information content (AvgIpc) is 3.83. The summed E-state index contributed by atoms with van der Waals surface area (Å²) < 4.78 is 33.7. The van der Waals surface area contributed by atoms with Gasteiger partial charge in [-0.25, -0.2) is 23.9 Å². The molecule has 1 saturated carbocycles. The first-order valence-electron chi connectivity index (χ1n) is 19.0. The fraction of sp³-hybridized carbons (Fsp3) is 0.295. The number of hydrogen-bond acceptors (Lipinski definition) is 10. The molecule has 1 aliphatic carbocycles. The van der Waals surface area contributed by atoms with E-state index in [4.69, 9.17) is 24.3 Å².